The van der Waals surface area contributed by atoms with Crippen LogP contribution in [-0.4, -0.2) is 41.0 Å². The summed E-state index contributed by atoms with van der Waals surface area (Å²) < 4.78 is 2.56. The van der Waals surface area contributed by atoms with E-state index in [1.54, 1.807) is 0 Å². The zero-order chi connectivity index (χ0) is 10.1. The Balaban J connectivity index is 2.17. The maximum Gasteiger partial charge on any atom is 0.244 e. The van der Waals surface area contributed by atoms with Gasteiger partial charge in [0.15, 0.2) is 0 Å². The van der Waals surface area contributed by atoms with E-state index in [0.717, 1.165) is 0 Å². The molecule has 0 fully saturated rings. The smallest absolute Gasteiger partial charge is 0.244 e. The van der Waals surface area contributed by atoms with Crippen LogP contribution in [0.4, 0.5) is 0 Å². The third kappa shape index (κ3) is 1.58. The minimum Gasteiger partial charge on any atom is -0.262 e. The minimum absolute atomic E-state index is 0.663. The Bertz CT molecular complexity index is 278. The van der Waals surface area contributed by atoms with Crippen LogP contribution in [0.5, 0.6) is 0 Å². The van der Waals surface area contributed by atoms with Gasteiger partial charge in [-0.2, -0.15) is 0 Å². The fraction of sp³-hybridized carbons (Fsp3) is 0.750. The topological polar surface area (TPSA) is 6.25 Å². The maximum absolute atomic E-state index is 2.56. The molecule has 1 aliphatic carbocycles. The van der Waals surface area contributed by atoms with Crippen molar-refractivity contribution >= 4 is 5.84 Å². The lowest BCUT2D eigenvalue weighted by atomic mass is 10.0. The number of amidine groups is 1. The van der Waals surface area contributed by atoms with Crippen LogP contribution >= 0.6 is 0 Å². The minimum atomic E-state index is 0.663. The van der Waals surface area contributed by atoms with E-state index in [4.69, 9.17) is 0 Å². The van der Waals surface area contributed by atoms with Crippen molar-refractivity contribution in [1.29, 1.82) is 0 Å². The van der Waals surface area contributed by atoms with Crippen molar-refractivity contribution in [1.82, 2.24) is 4.90 Å². The number of likely N-dealkylation sites (N-methyl/N-ethyl adjacent to an activating group) is 1. The molecule has 0 bridgehead atoms. The van der Waals surface area contributed by atoms with Gasteiger partial charge in [-0.05, 0) is 32.3 Å². The molecule has 0 saturated carbocycles. The van der Waals surface area contributed by atoms with Gasteiger partial charge in [-0.25, -0.2) is 0 Å². The number of rotatable bonds is 1. The fourth-order valence-corrected chi connectivity index (χ4v) is 2.49. The number of hydrogen-bond acceptors (Lipinski definition) is 1. The Morgan fingerprint density at radius 2 is 2.29 bits per heavy atom. The van der Waals surface area contributed by atoms with Crippen LogP contribution in [-0.2, 0) is 0 Å². The third-order valence-corrected chi connectivity index (χ3v) is 3.68. The molecule has 0 aromatic carbocycles. The molecule has 78 valence electrons. The molecular formula is C12H21N2+. The highest BCUT2D eigenvalue weighted by Gasteiger charge is 2.33. The molecular weight excluding hydrogens is 172 g/mol. The summed E-state index contributed by atoms with van der Waals surface area (Å²) in [5, 5.41) is 0. The van der Waals surface area contributed by atoms with Crippen molar-refractivity contribution in [3.8, 4) is 0 Å². The molecule has 0 spiro atoms. The Morgan fingerprint density at radius 1 is 1.50 bits per heavy atom. The van der Waals surface area contributed by atoms with E-state index in [1.165, 1.54) is 31.6 Å². The molecule has 1 aliphatic heterocycles. The number of hydrogen-bond donors (Lipinski definition) is 0. The van der Waals surface area contributed by atoms with Gasteiger partial charge in [-0.15, -0.1) is 0 Å². The van der Waals surface area contributed by atoms with Crippen molar-refractivity contribution in [3.05, 3.63) is 12.2 Å². The molecule has 14 heavy (non-hydrogen) atoms. The average molecular weight is 193 g/mol. The van der Waals surface area contributed by atoms with Gasteiger partial charge in [0, 0.05) is 6.92 Å². The van der Waals surface area contributed by atoms with E-state index < -0.39 is 0 Å². The van der Waals surface area contributed by atoms with Crippen LogP contribution in [0.2, 0.25) is 0 Å². The molecule has 0 amide bonds. The van der Waals surface area contributed by atoms with Crippen molar-refractivity contribution in [2.75, 3.05) is 13.6 Å². The van der Waals surface area contributed by atoms with Crippen molar-refractivity contribution in [2.24, 2.45) is 0 Å². The van der Waals surface area contributed by atoms with Crippen molar-refractivity contribution in [2.45, 2.75) is 45.2 Å². The zero-order valence-corrected chi connectivity index (χ0v) is 9.53. The molecule has 0 unspecified atom stereocenters. The molecule has 2 atom stereocenters. The highest BCUT2D eigenvalue weighted by Crippen LogP contribution is 2.18. The van der Waals surface area contributed by atoms with Crippen LogP contribution in [0.1, 0.15) is 33.1 Å². The lowest BCUT2D eigenvalue weighted by Crippen LogP contribution is -2.29. The predicted molar refractivity (Wildman–Crippen MR) is 59.8 cm³/mol. The van der Waals surface area contributed by atoms with Gasteiger partial charge in [0.2, 0.25) is 5.84 Å². The zero-order valence-electron chi connectivity index (χ0n) is 9.53. The highest BCUT2D eigenvalue weighted by molar-refractivity contribution is 5.75. The third-order valence-electron chi connectivity index (χ3n) is 3.68. The fourth-order valence-electron chi connectivity index (χ4n) is 2.49. The summed E-state index contributed by atoms with van der Waals surface area (Å²) in [4.78, 5) is 2.39. The molecule has 0 aromatic heterocycles. The van der Waals surface area contributed by atoms with E-state index in [9.17, 15) is 0 Å². The van der Waals surface area contributed by atoms with Crippen molar-refractivity contribution < 1.29 is 4.58 Å². The molecule has 0 N–H and O–H groups in total. The highest BCUT2D eigenvalue weighted by atomic mass is 15.3. The Kier molecular flexibility index (Phi) is 2.62. The Morgan fingerprint density at radius 3 is 2.79 bits per heavy atom. The van der Waals surface area contributed by atoms with E-state index in [1.807, 2.05) is 0 Å². The molecule has 2 aliphatic rings. The van der Waals surface area contributed by atoms with E-state index in [-0.39, 0.29) is 0 Å². The molecule has 0 aromatic rings. The van der Waals surface area contributed by atoms with Crippen LogP contribution in [0, 0.1) is 0 Å². The van der Waals surface area contributed by atoms with Gasteiger partial charge in [0.05, 0.1) is 7.05 Å². The average Bonchev–Trinajstić information content (AvgIpc) is 2.47. The largest absolute Gasteiger partial charge is 0.262 e. The summed E-state index contributed by atoms with van der Waals surface area (Å²) in [7, 11) is 2.20. The standard InChI is InChI=1S/C12H21N2/c1-10-9-14(11(2)13(10)3)12-7-5-4-6-8-12/h5,7,10,12H,4,6,8-9H2,1-3H3/q+1/t10-,12-/m0/s1. The lowest BCUT2D eigenvalue weighted by molar-refractivity contribution is -0.550. The second-order valence-electron chi connectivity index (χ2n) is 4.59. The van der Waals surface area contributed by atoms with Crippen LogP contribution < -0.4 is 0 Å². The molecule has 2 rings (SSSR count). The summed E-state index contributed by atoms with van der Waals surface area (Å²) in [6.07, 6.45) is 8.68. The lowest BCUT2D eigenvalue weighted by Gasteiger charge is -2.16. The van der Waals surface area contributed by atoms with Gasteiger partial charge >= 0.3 is 0 Å². The second kappa shape index (κ2) is 3.76. The van der Waals surface area contributed by atoms with Crippen LogP contribution in [0.25, 0.3) is 0 Å². The summed E-state index contributed by atoms with van der Waals surface area (Å²) in [5.41, 5.74) is 0. The first-order valence-electron chi connectivity index (χ1n) is 5.70. The molecule has 0 saturated heterocycles. The first-order valence-corrected chi connectivity index (χ1v) is 5.70. The molecule has 2 heteroatoms. The van der Waals surface area contributed by atoms with E-state index in [2.05, 4.69) is 42.5 Å². The number of nitrogens with zero attached hydrogens (tertiary/aromatic N) is 2. The van der Waals surface area contributed by atoms with E-state index >= 15 is 0 Å². The predicted octanol–water partition coefficient (Wildman–Crippen LogP) is 1.86. The molecule has 2 nitrogen and oxygen atoms in total. The van der Waals surface area contributed by atoms with Gasteiger partial charge in [-0.3, -0.25) is 9.48 Å². The molecule has 1 heterocycles. The number of allylic oxidation sites excluding steroid dienone is 1. The molecule has 0 radical (unpaired) electrons. The van der Waals surface area contributed by atoms with Gasteiger partial charge in [0.1, 0.15) is 18.6 Å². The summed E-state index contributed by atoms with van der Waals surface area (Å²) >= 11 is 0. The first kappa shape index (κ1) is 9.75. The maximum atomic E-state index is 2.56. The normalized spacial score (nSPS) is 32.9. The SMILES string of the molecule is CC1=[N+]([C@H]2C=CCCC2)C[C@H](C)N1C. The van der Waals surface area contributed by atoms with Gasteiger partial charge in [0.25, 0.3) is 0 Å². The second-order valence-corrected chi connectivity index (χ2v) is 4.59. The van der Waals surface area contributed by atoms with Gasteiger partial charge in [-0.1, -0.05) is 6.08 Å². The first-order chi connectivity index (χ1) is 6.70. The summed E-state index contributed by atoms with van der Waals surface area (Å²) in [6.45, 7) is 5.74. The monoisotopic (exact) mass is 193 g/mol. The van der Waals surface area contributed by atoms with E-state index in [0.29, 0.717) is 12.1 Å². The summed E-state index contributed by atoms with van der Waals surface area (Å²) in [6, 6.07) is 1.33. The van der Waals surface area contributed by atoms with Crippen LogP contribution in [0.3, 0.4) is 0 Å². The van der Waals surface area contributed by atoms with Crippen molar-refractivity contribution in [3.63, 3.8) is 0 Å². The quantitative estimate of drug-likeness (QED) is 0.455. The van der Waals surface area contributed by atoms with Crippen LogP contribution in [0.15, 0.2) is 12.2 Å². The summed E-state index contributed by atoms with van der Waals surface area (Å²) in [5.74, 6) is 1.44. The van der Waals surface area contributed by atoms with Gasteiger partial charge < -0.3 is 0 Å². The Hall–Kier alpha value is -0.790. The Labute approximate surface area is 86.9 Å².